The maximum atomic E-state index is 4.28. The summed E-state index contributed by atoms with van der Waals surface area (Å²) >= 11 is 1.58. The van der Waals surface area contributed by atoms with Crippen molar-refractivity contribution in [3.05, 3.63) is 35.7 Å². The van der Waals surface area contributed by atoms with Crippen LogP contribution in [0.4, 0.5) is 0 Å². The molecule has 2 aromatic rings. The van der Waals surface area contributed by atoms with Gasteiger partial charge in [0.25, 0.3) is 0 Å². The van der Waals surface area contributed by atoms with Crippen LogP contribution in [0.3, 0.4) is 0 Å². The summed E-state index contributed by atoms with van der Waals surface area (Å²) in [5, 5.41) is 10.9. The first-order valence-corrected chi connectivity index (χ1v) is 5.90. The highest BCUT2D eigenvalue weighted by atomic mass is 32.2. The van der Waals surface area contributed by atoms with Gasteiger partial charge in [-0.2, -0.15) is 0 Å². The average molecular weight is 234 g/mol. The Morgan fingerprint density at radius 1 is 1.38 bits per heavy atom. The molecule has 0 unspecified atom stereocenters. The van der Waals surface area contributed by atoms with Crippen LogP contribution < -0.4 is 5.32 Å². The minimum atomic E-state index is 0.765. The fourth-order valence-corrected chi connectivity index (χ4v) is 2.29. The molecule has 0 radical (unpaired) electrons. The van der Waals surface area contributed by atoms with Crippen LogP contribution in [-0.2, 0) is 6.54 Å². The van der Waals surface area contributed by atoms with E-state index in [4.69, 9.17) is 0 Å². The van der Waals surface area contributed by atoms with E-state index < -0.39 is 0 Å². The topological polar surface area (TPSA) is 53.6 Å². The van der Waals surface area contributed by atoms with Gasteiger partial charge in [0, 0.05) is 11.4 Å². The monoisotopic (exact) mass is 234 g/mol. The van der Waals surface area contributed by atoms with Crippen LogP contribution in [0.25, 0.3) is 0 Å². The Bertz CT molecular complexity index is 467. The maximum Gasteiger partial charge on any atom is 0.213 e. The molecular formula is C11H14N4S. The summed E-state index contributed by atoms with van der Waals surface area (Å²) in [6, 6.07) is 8.27. The number of rotatable bonds is 4. The number of hydrogen-bond donors (Lipinski definition) is 2. The molecule has 4 nitrogen and oxygen atoms in total. The first-order valence-electron chi connectivity index (χ1n) is 5.09. The van der Waals surface area contributed by atoms with Gasteiger partial charge in [-0.25, -0.2) is 4.98 Å². The number of hydrogen-bond acceptors (Lipinski definition) is 4. The van der Waals surface area contributed by atoms with Gasteiger partial charge in [-0.05, 0) is 37.4 Å². The predicted molar refractivity (Wildman–Crippen MR) is 64.4 cm³/mol. The Hall–Kier alpha value is -1.33. The lowest BCUT2D eigenvalue weighted by molar-refractivity contribution is 0.802. The van der Waals surface area contributed by atoms with Crippen molar-refractivity contribution in [1.29, 1.82) is 0 Å². The van der Waals surface area contributed by atoms with Gasteiger partial charge >= 0.3 is 0 Å². The van der Waals surface area contributed by atoms with Gasteiger partial charge in [-0.1, -0.05) is 18.2 Å². The summed E-state index contributed by atoms with van der Waals surface area (Å²) in [7, 11) is 1.94. The van der Waals surface area contributed by atoms with Crippen molar-refractivity contribution in [2.75, 3.05) is 7.05 Å². The first-order chi connectivity index (χ1) is 7.79. The van der Waals surface area contributed by atoms with Crippen molar-refractivity contribution >= 4 is 11.8 Å². The van der Waals surface area contributed by atoms with E-state index in [0.29, 0.717) is 0 Å². The number of aryl methyl sites for hydroxylation is 1. The zero-order valence-corrected chi connectivity index (χ0v) is 10.1. The van der Waals surface area contributed by atoms with E-state index in [0.717, 1.165) is 17.5 Å². The van der Waals surface area contributed by atoms with Gasteiger partial charge in [-0.3, -0.25) is 5.10 Å². The second-order valence-corrected chi connectivity index (χ2v) is 4.45. The van der Waals surface area contributed by atoms with Crippen LogP contribution in [-0.4, -0.2) is 22.2 Å². The van der Waals surface area contributed by atoms with E-state index in [1.165, 1.54) is 10.5 Å². The Morgan fingerprint density at radius 3 is 2.88 bits per heavy atom. The highest BCUT2D eigenvalue weighted by Gasteiger charge is 2.06. The second kappa shape index (κ2) is 5.14. The van der Waals surface area contributed by atoms with Crippen LogP contribution in [0.5, 0.6) is 0 Å². The number of nitrogens with zero attached hydrogens (tertiary/aromatic N) is 2. The van der Waals surface area contributed by atoms with Crippen LogP contribution in [0, 0.1) is 6.92 Å². The van der Waals surface area contributed by atoms with Crippen LogP contribution in [0.2, 0.25) is 0 Å². The number of aromatic nitrogens is 3. The van der Waals surface area contributed by atoms with Crippen molar-refractivity contribution in [2.24, 2.45) is 0 Å². The van der Waals surface area contributed by atoms with Crippen molar-refractivity contribution in [3.63, 3.8) is 0 Å². The third-order valence-electron chi connectivity index (χ3n) is 2.12. The lowest BCUT2D eigenvalue weighted by Crippen LogP contribution is -2.05. The minimum Gasteiger partial charge on any atom is -0.316 e. The molecule has 0 amide bonds. The molecule has 0 aliphatic heterocycles. The zero-order chi connectivity index (χ0) is 11.4. The average Bonchev–Trinajstić information content (AvgIpc) is 2.67. The molecule has 2 rings (SSSR count). The van der Waals surface area contributed by atoms with Crippen LogP contribution >= 0.6 is 11.8 Å². The molecule has 1 aromatic heterocycles. The molecule has 84 valence electrons. The zero-order valence-electron chi connectivity index (χ0n) is 9.32. The smallest absolute Gasteiger partial charge is 0.213 e. The highest BCUT2D eigenvalue weighted by Crippen LogP contribution is 2.27. The normalized spacial score (nSPS) is 10.6. The third-order valence-corrected chi connectivity index (χ3v) is 3.10. The standard InChI is InChI=1S/C11H14N4S/c1-8-13-11(15-14-8)16-10-6-4-3-5-9(10)7-12-2/h3-6,12H,7H2,1-2H3,(H,13,14,15). The van der Waals surface area contributed by atoms with E-state index in [2.05, 4.69) is 32.6 Å². The maximum absolute atomic E-state index is 4.28. The van der Waals surface area contributed by atoms with E-state index in [1.54, 1.807) is 11.8 Å². The Labute approximate surface area is 98.9 Å². The van der Waals surface area contributed by atoms with Crippen molar-refractivity contribution < 1.29 is 0 Å². The number of nitrogens with one attached hydrogen (secondary N) is 2. The molecule has 0 aliphatic carbocycles. The fourth-order valence-electron chi connectivity index (χ4n) is 1.41. The molecule has 1 heterocycles. The first kappa shape index (κ1) is 11.2. The van der Waals surface area contributed by atoms with Gasteiger partial charge in [0.15, 0.2) is 0 Å². The predicted octanol–water partition coefficient (Wildman–Crippen LogP) is 1.98. The molecule has 0 atom stereocenters. The lowest BCUT2D eigenvalue weighted by Gasteiger charge is -2.05. The SMILES string of the molecule is CNCc1ccccc1Sc1n[nH]c(C)n1. The molecule has 0 spiro atoms. The van der Waals surface area contributed by atoms with Crippen molar-refractivity contribution in [1.82, 2.24) is 20.5 Å². The Morgan fingerprint density at radius 2 is 2.19 bits per heavy atom. The second-order valence-electron chi connectivity index (χ2n) is 3.44. The van der Waals surface area contributed by atoms with Gasteiger partial charge in [0.05, 0.1) is 0 Å². The number of benzene rings is 1. The number of H-pyrrole nitrogens is 1. The third kappa shape index (κ3) is 2.62. The molecule has 0 saturated heterocycles. The summed E-state index contributed by atoms with van der Waals surface area (Å²) in [4.78, 5) is 5.47. The summed E-state index contributed by atoms with van der Waals surface area (Å²) in [6.45, 7) is 2.75. The van der Waals surface area contributed by atoms with Crippen molar-refractivity contribution in [2.45, 2.75) is 23.5 Å². The molecule has 0 saturated carbocycles. The fraction of sp³-hybridized carbons (Fsp3) is 0.273. The van der Waals surface area contributed by atoms with Gasteiger partial charge in [0.1, 0.15) is 5.82 Å². The van der Waals surface area contributed by atoms with E-state index in [-0.39, 0.29) is 0 Å². The van der Waals surface area contributed by atoms with Gasteiger partial charge in [0.2, 0.25) is 5.16 Å². The quantitative estimate of drug-likeness (QED) is 0.849. The molecule has 1 aromatic carbocycles. The summed E-state index contributed by atoms with van der Waals surface area (Å²) < 4.78 is 0. The van der Waals surface area contributed by atoms with E-state index in [9.17, 15) is 0 Å². The van der Waals surface area contributed by atoms with Gasteiger partial charge in [-0.15, -0.1) is 5.10 Å². The molecule has 0 bridgehead atoms. The van der Waals surface area contributed by atoms with Crippen LogP contribution in [0.15, 0.2) is 34.3 Å². The molecule has 0 aliphatic rings. The number of aromatic amines is 1. The van der Waals surface area contributed by atoms with Crippen molar-refractivity contribution in [3.8, 4) is 0 Å². The summed E-state index contributed by atoms with van der Waals surface area (Å²) in [6.07, 6.45) is 0. The molecule has 5 heteroatoms. The largest absolute Gasteiger partial charge is 0.316 e. The minimum absolute atomic E-state index is 0.765. The highest BCUT2D eigenvalue weighted by molar-refractivity contribution is 7.99. The van der Waals surface area contributed by atoms with Crippen LogP contribution in [0.1, 0.15) is 11.4 Å². The van der Waals surface area contributed by atoms with Gasteiger partial charge < -0.3 is 5.32 Å². The molecular weight excluding hydrogens is 220 g/mol. The molecule has 16 heavy (non-hydrogen) atoms. The van der Waals surface area contributed by atoms with E-state index >= 15 is 0 Å². The Kier molecular flexibility index (Phi) is 3.58. The molecule has 0 fully saturated rings. The summed E-state index contributed by atoms with van der Waals surface area (Å²) in [5.74, 6) is 0.841. The molecule has 2 N–H and O–H groups in total. The lowest BCUT2D eigenvalue weighted by atomic mass is 10.2. The van der Waals surface area contributed by atoms with E-state index in [1.807, 2.05) is 26.1 Å². The Balaban J connectivity index is 2.20. The summed E-state index contributed by atoms with van der Waals surface area (Å²) in [5.41, 5.74) is 1.26.